The van der Waals surface area contributed by atoms with Crippen molar-refractivity contribution in [3.63, 3.8) is 0 Å². The van der Waals surface area contributed by atoms with Crippen LogP contribution in [0.5, 0.6) is 0 Å². The number of nitrogens with one attached hydrogen (secondary N) is 2. The smallest absolute Gasteiger partial charge is 0.227 e. The molecular weight excluding hydrogens is 266 g/mol. The molecule has 0 saturated carbocycles. The van der Waals surface area contributed by atoms with Crippen LogP contribution in [0.15, 0.2) is 0 Å². The molecule has 3 atom stereocenters. The zero-order valence-corrected chi connectivity index (χ0v) is 13.6. The fourth-order valence-electron chi connectivity index (χ4n) is 3.39. The Bertz CT molecular complexity index is 325. The first-order valence-electron chi connectivity index (χ1n) is 8.55. The van der Waals surface area contributed by atoms with E-state index in [-0.39, 0.29) is 17.9 Å². The molecule has 0 radical (unpaired) electrons. The second kappa shape index (κ2) is 8.71. The number of rotatable bonds is 7. The van der Waals surface area contributed by atoms with Gasteiger partial charge >= 0.3 is 0 Å². The van der Waals surface area contributed by atoms with E-state index < -0.39 is 0 Å². The predicted octanol–water partition coefficient (Wildman–Crippen LogP) is 0.992. The van der Waals surface area contributed by atoms with E-state index in [1.54, 1.807) is 0 Å². The largest absolute Gasteiger partial charge is 0.379 e. The van der Waals surface area contributed by atoms with Crippen LogP contribution in [0.4, 0.5) is 0 Å². The lowest BCUT2D eigenvalue weighted by atomic mass is 10.0. The zero-order valence-electron chi connectivity index (χ0n) is 13.6. The lowest BCUT2D eigenvalue weighted by molar-refractivity contribution is -0.125. The number of likely N-dealkylation sites (N-methyl/N-ethyl adjacent to an activating group) is 1. The van der Waals surface area contributed by atoms with Gasteiger partial charge in [0.25, 0.3) is 0 Å². The first-order valence-corrected chi connectivity index (χ1v) is 8.55. The molecule has 0 aromatic heterocycles. The summed E-state index contributed by atoms with van der Waals surface area (Å²) in [7, 11) is 0. The average Bonchev–Trinajstić information content (AvgIpc) is 2.94. The highest BCUT2D eigenvalue weighted by Crippen LogP contribution is 2.16. The highest BCUT2D eigenvalue weighted by Gasteiger charge is 2.33. The van der Waals surface area contributed by atoms with E-state index in [0.29, 0.717) is 19.3 Å². The molecule has 5 nitrogen and oxygen atoms in total. The highest BCUT2D eigenvalue weighted by atomic mass is 16.5. The van der Waals surface area contributed by atoms with Gasteiger partial charge in [-0.2, -0.15) is 0 Å². The van der Waals surface area contributed by atoms with Crippen molar-refractivity contribution < 1.29 is 9.53 Å². The van der Waals surface area contributed by atoms with Gasteiger partial charge in [-0.25, -0.2) is 0 Å². The average molecular weight is 297 g/mol. The molecule has 0 spiro atoms. The van der Waals surface area contributed by atoms with Gasteiger partial charge in [0.1, 0.15) is 0 Å². The molecule has 5 heteroatoms. The highest BCUT2D eigenvalue weighted by molar-refractivity contribution is 5.79. The van der Waals surface area contributed by atoms with E-state index in [1.807, 2.05) is 0 Å². The van der Waals surface area contributed by atoms with Crippen LogP contribution in [0, 0.1) is 5.92 Å². The topological polar surface area (TPSA) is 53.6 Å². The third kappa shape index (κ3) is 4.94. The second-order valence-electron chi connectivity index (χ2n) is 6.33. The zero-order chi connectivity index (χ0) is 15.1. The van der Waals surface area contributed by atoms with E-state index in [2.05, 4.69) is 29.4 Å². The van der Waals surface area contributed by atoms with Gasteiger partial charge in [-0.3, -0.25) is 4.79 Å². The van der Waals surface area contributed by atoms with Crippen molar-refractivity contribution in [3.05, 3.63) is 0 Å². The minimum Gasteiger partial charge on any atom is -0.379 e. The number of carbonyl (C=O) groups excluding carboxylic acids is 1. The van der Waals surface area contributed by atoms with Crippen LogP contribution in [0.2, 0.25) is 0 Å². The molecular formula is C16H31N3O2. The third-order valence-electron chi connectivity index (χ3n) is 4.75. The van der Waals surface area contributed by atoms with Crippen LogP contribution in [0.25, 0.3) is 0 Å². The summed E-state index contributed by atoms with van der Waals surface area (Å²) in [6.45, 7) is 9.54. The maximum atomic E-state index is 12.2. The summed E-state index contributed by atoms with van der Waals surface area (Å²) in [4.78, 5) is 14.8. The Morgan fingerprint density at radius 1 is 1.33 bits per heavy atom. The maximum Gasteiger partial charge on any atom is 0.227 e. The summed E-state index contributed by atoms with van der Waals surface area (Å²) in [6.07, 6.45) is 5.04. The van der Waals surface area contributed by atoms with E-state index in [1.165, 1.54) is 25.8 Å². The van der Waals surface area contributed by atoms with Gasteiger partial charge in [-0.1, -0.05) is 13.3 Å². The summed E-state index contributed by atoms with van der Waals surface area (Å²) >= 11 is 0. The molecule has 0 bridgehead atoms. The van der Waals surface area contributed by atoms with Crippen LogP contribution >= 0.6 is 0 Å². The number of hydrogen-bond donors (Lipinski definition) is 2. The van der Waals surface area contributed by atoms with Crippen LogP contribution in [0.1, 0.15) is 39.5 Å². The quantitative estimate of drug-likeness (QED) is 0.688. The Hall–Kier alpha value is -0.650. The van der Waals surface area contributed by atoms with Crippen LogP contribution in [-0.2, 0) is 9.53 Å². The molecule has 2 rings (SSSR count). The molecule has 0 aliphatic carbocycles. The molecule has 2 saturated heterocycles. The van der Waals surface area contributed by atoms with Crippen molar-refractivity contribution in [3.8, 4) is 0 Å². The molecule has 2 N–H and O–H groups in total. The van der Waals surface area contributed by atoms with Gasteiger partial charge < -0.3 is 20.3 Å². The van der Waals surface area contributed by atoms with Crippen molar-refractivity contribution in [2.75, 3.05) is 39.4 Å². The van der Waals surface area contributed by atoms with Crippen LogP contribution in [-0.4, -0.2) is 62.3 Å². The van der Waals surface area contributed by atoms with E-state index in [0.717, 1.165) is 26.1 Å². The molecule has 2 aliphatic heterocycles. The number of hydrogen-bond acceptors (Lipinski definition) is 4. The van der Waals surface area contributed by atoms with Gasteiger partial charge in [0.2, 0.25) is 5.91 Å². The van der Waals surface area contributed by atoms with E-state index >= 15 is 0 Å². The Balaban J connectivity index is 1.62. The fraction of sp³-hybridized carbons (Fsp3) is 0.938. The lowest BCUT2D eigenvalue weighted by Crippen LogP contribution is -2.44. The molecule has 2 aliphatic rings. The van der Waals surface area contributed by atoms with Crippen molar-refractivity contribution >= 4 is 5.91 Å². The number of amides is 1. The predicted molar refractivity (Wildman–Crippen MR) is 84.3 cm³/mol. The Kier molecular flexibility index (Phi) is 6.93. The van der Waals surface area contributed by atoms with Crippen LogP contribution in [0.3, 0.4) is 0 Å². The Morgan fingerprint density at radius 3 is 2.95 bits per heavy atom. The van der Waals surface area contributed by atoms with Gasteiger partial charge in [-0.05, 0) is 39.3 Å². The molecule has 21 heavy (non-hydrogen) atoms. The molecule has 3 unspecified atom stereocenters. The lowest BCUT2D eigenvalue weighted by Gasteiger charge is -2.33. The number of carbonyl (C=O) groups is 1. The first-order chi connectivity index (χ1) is 10.2. The number of likely N-dealkylation sites (tertiary alicyclic amines) is 1. The Labute approximate surface area is 128 Å². The first kappa shape index (κ1) is 16.7. The maximum absolute atomic E-state index is 12.2. The van der Waals surface area contributed by atoms with Crippen molar-refractivity contribution in [1.82, 2.24) is 15.5 Å². The normalized spacial score (nSPS) is 30.5. The van der Waals surface area contributed by atoms with Crippen molar-refractivity contribution in [2.45, 2.75) is 51.6 Å². The summed E-state index contributed by atoms with van der Waals surface area (Å²) in [6, 6.07) is 0.882. The fourth-order valence-corrected chi connectivity index (χ4v) is 3.39. The molecule has 1 amide bonds. The summed E-state index contributed by atoms with van der Waals surface area (Å²) in [5.41, 5.74) is 0. The molecule has 2 fully saturated rings. The summed E-state index contributed by atoms with van der Waals surface area (Å²) in [5, 5.41) is 6.41. The van der Waals surface area contributed by atoms with Crippen LogP contribution < -0.4 is 10.6 Å². The monoisotopic (exact) mass is 297 g/mol. The number of piperidine rings is 1. The van der Waals surface area contributed by atoms with E-state index in [9.17, 15) is 4.79 Å². The standard InChI is InChI=1S/C16H31N3O2/c1-3-17-15-12-21-11-14(15)16(20)18-8-6-10-19-9-5-4-7-13(19)2/h13-15,17H,3-12H2,1-2H3,(H,18,20). The van der Waals surface area contributed by atoms with E-state index in [4.69, 9.17) is 4.74 Å². The Morgan fingerprint density at radius 2 is 2.19 bits per heavy atom. The number of ether oxygens (including phenoxy) is 1. The molecule has 0 aromatic carbocycles. The second-order valence-corrected chi connectivity index (χ2v) is 6.33. The van der Waals surface area contributed by atoms with Gasteiger partial charge in [0, 0.05) is 25.2 Å². The van der Waals surface area contributed by atoms with Crippen molar-refractivity contribution in [1.29, 1.82) is 0 Å². The van der Waals surface area contributed by atoms with Crippen molar-refractivity contribution in [2.24, 2.45) is 5.92 Å². The summed E-state index contributed by atoms with van der Waals surface area (Å²) in [5.74, 6) is 0.115. The van der Waals surface area contributed by atoms with Gasteiger partial charge in [-0.15, -0.1) is 0 Å². The van der Waals surface area contributed by atoms with Gasteiger partial charge in [0.05, 0.1) is 19.1 Å². The third-order valence-corrected chi connectivity index (χ3v) is 4.75. The summed E-state index contributed by atoms with van der Waals surface area (Å²) < 4.78 is 5.43. The minimum absolute atomic E-state index is 0.0288. The molecule has 0 aromatic rings. The SMILES string of the molecule is CCNC1COCC1C(=O)NCCCN1CCCCC1C. The van der Waals surface area contributed by atoms with Gasteiger partial charge in [0.15, 0.2) is 0 Å². The number of nitrogens with zero attached hydrogens (tertiary/aromatic N) is 1. The molecule has 122 valence electrons. The molecule has 2 heterocycles. The minimum atomic E-state index is -0.0288.